The zero-order valence-corrected chi connectivity index (χ0v) is 20.2. The van der Waals surface area contributed by atoms with E-state index in [1.165, 1.54) is 12.1 Å². The van der Waals surface area contributed by atoms with Crippen LogP contribution in [-0.4, -0.2) is 34.7 Å². The number of aromatic nitrogens is 3. The van der Waals surface area contributed by atoms with Gasteiger partial charge in [0.1, 0.15) is 11.6 Å². The number of amides is 1. The van der Waals surface area contributed by atoms with Gasteiger partial charge in [-0.1, -0.05) is 18.7 Å². The number of nitrogens with one attached hydrogen (secondary N) is 4. The predicted molar refractivity (Wildman–Crippen MR) is 137 cm³/mol. The van der Waals surface area contributed by atoms with Gasteiger partial charge in [-0.2, -0.15) is 5.10 Å². The van der Waals surface area contributed by atoms with Crippen LogP contribution in [0, 0.1) is 11.6 Å². The number of benzene rings is 1. The summed E-state index contributed by atoms with van der Waals surface area (Å²) in [5.41, 5.74) is 2.39. The Morgan fingerprint density at radius 3 is 2.49 bits per heavy atom. The molecule has 0 aliphatic carbocycles. The molecule has 10 heteroatoms. The summed E-state index contributed by atoms with van der Waals surface area (Å²) in [7, 11) is 1.84. The molecule has 1 amide bonds. The van der Waals surface area contributed by atoms with Gasteiger partial charge in [-0.05, 0) is 48.9 Å². The molecule has 7 nitrogen and oxygen atoms in total. The number of rotatable bonds is 8. The molecule has 0 saturated carbocycles. The van der Waals surface area contributed by atoms with Crippen LogP contribution in [0.25, 0.3) is 5.57 Å². The highest BCUT2D eigenvalue weighted by Gasteiger charge is 2.13. The van der Waals surface area contributed by atoms with Crippen molar-refractivity contribution in [3.05, 3.63) is 100 Å². The largest absolute Gasteiger partial charge is 0.373 e. The maximum absolute atomic E-state index is 12.1. The Morgan fingerprint density at radius 1 is 1.09 bits per heavy atom. The number of carbonyl (C=O) groups is 1. The standard InChI is InChI=1S/C19H22N6OS.C6H4F2/c1-4-21-19(26)14-6-5-9-22-18(14)23-10-13-7-8-16(27-13)12(2)15-11-24-25-17(15)20-3;7-5-3-1-2-4-6(5)8/h5-9,11H,2,4,10H2,1,3H3,(H,21,26)(H,22,23)(H2,20,24,25);1-4H. The second kappa shape index (κ2) is 12.4. The maximum Gasteiger partial charge on any atom is 0.255 e. The third-order valence-corrected chi connectivity index (χ3v) is 5.96. The van der Waals surface area contributed by atoms with Crippen LogP contribution in [0.15, 0.2) is 67.5 Å². The Balaban J connectivity index is 0.000000363. The Morgan fingerprint density at radius 2 is 1.83 bits per heavy atom. The van der Waals surface area contributed by atoms with Crippen molar-refractivity contribution < 1.29 is 13.6 Å². The van der Waals surface area contributed by atoms with Gasteiger partial charge in [-0.3, -0.25) is 9.89 Å². The molecule has 0 aliphatic rings. The number of carbonyl (C=O) groups excluding carboxylic acids is 1. The third-order valence-electron chi connectivity index (χ3n) is 4.82. The highest BCUT2D eigenvalue weighted by Crippen LogP contribution is 2.31. The van der Waals surface area contributed by atoms with Crippen molar-refractivity contribution in [1.82, 2.24) is 20.5 Å². The Kier molecular flexibility index (Phi) is 9.08. The van der Waals surface area contributed by atoms with Gasteiger partial charge in [-0.15, -0.1) is 11.3 Å². The summed E-state index contributed by atoms with van der Waals surface area (Å²) in [6, 6.07) is 12.7. The molecule has 4 rings (SSSR count). The molecule has 3 heterocycles. The fourth-order valence-corrected chi connectivity index (χ4v) is 4.00. The number of anilines is 2. The van der Waals surface area contributed by atoms with Crippen molar-refractivity contribution in [2.45, 2.75) is 13.5 Å². The van der Waals surface area contributed by atoms with Crippen LogP contribution in [0.1, 0.15) is 32.6 Å². The molecular formula is C25H26F2N6OS. The first-order chi connectivity index (χ1) is 16.9. The lowest BCUT2D eigenvalue weighted by atomic mass is 10.1. The Labute approximate surface area is 206 Å². The fraction of sp³-hybridized carbons (Fsp3) is 0.160. The van der Waals surface area contributed by atoms with Gasteiger partial charge in [-0.25, -0.2) is 13.8 Å². The second-order valence-corrected chi connectivity index (χ2v) is 8.35. The van der Waals surface area contributed by atoms with Gasteiger partial charge < -0.3 is 16.0 Å². The van der Waals surface area contributed by atoms with E-state index in [1.54, 1.807) is 35.9 Å². The number of aromatic amines is 1. The molecule has 0 atom stereocenters. The van der Waals surface area contributed by atoms with E-state index in [0.29, 0.717) is 24.5 Å². The molecule has 3 aromatic heterocycles. The number of hydrogen-bond acceptors (Lipinski definition) is 6. The van der Waals surface area contributed by atoms with Crippen LogP contribution in [0.5, 0.6) is 0 Å². The summed E-state index contributed by atoms with van der Waals surface area (Å²) in [6.45, 7) is 7.23. The molecule has 35 heavy (non-hydrogen) atoms. The molecule has 0 aliphatic heterocycles. The Bertz CT molecular complexity index is 1270. The smallest absolute Gasteiger partial charge is 0.255 e. The zero-order chi connectivity index (χ0) is 25.2. The topological polar surface area (TPSA) is 94.7 Å². The molecule has 0 fully saturated rings. The molecule has 4 N–H and O–H groups in total. The van der Waals surface area contributed by atoms with Crippen molar-refractivity contribution in [3.63, 3.8) is 0 Å². The van der Waals surface area contributed by atoms with Gasteiger partial charge in [0.05, 0.1) is 18.3 Å². The summed E-state index contributed by atoms with van der Waals surface area (Å²) in [6.07, 6.45) is 3.43. The molecule has 0 spiro atoms. The summed E-state index contributed by atoms with van der Waals surface area (Å²) in [4.78, 5) is 18.6. The van der Waals surface area contributed by atoms with Crippen molar-refractivity contribution in [3.8, 4) is 0 Å². The van der Waals surface area contributed by atoms with E-state index in [0.717, 1.165) is 38.8 Å². The Hall–Kier alpha value is -4.05. The van der Waals surface area contributed by atoms with Crippen LogP contribution in [0.3, 0.4) is 0 Å². The molecule has 4 aromatic rings. The summed E-state index contributed by atoms with van der Waals surface area (Å²) in [5, 5.41) is 16.1. The average molecular weight is 497 g/mol. The van der Waals surface area contributed by atoms with E-state index >= 15 is 0 Å². The zero-order valence-electron chi connectivity index (χ0n) is 19.4. The highest BCUT2D eigenvalue weighted by atomic mass is 32.1. The summed E-state index contributed by atoms with van der Waals surface area (Å²) >= 11 is 1.64. The van der Waals surface area contributed by atoms with Crippen LogP contribution >= 0.6 is 11.3 Å². The van der Waals surface area contributed by atoms with Gasteiger partial charge in [0.25, 0.3) is 5.91 Å². The SMILES string of the molecule is C=C(c1ccc(CNc2ncccc2C(=O)NCC)s1)c1cn[nH]c1NC.Fc1ccccc1F. The lowest BCUT2D eigenvalue weighted by molar-refractivity contribution is 0.0956. The van der Waals surface area contributed by atoms with Crippen LogP contribution in [0.2, 0.25) is 0 Å². The molecule has 0 unspecified atom stereocenters. The predicted octanol–water partition coefficient (Wildman–Crippen LogP) is 5.30. The van der Waals surface area contributed by atoms with E-state index in [4.69, 9.17) is 0 Å². The summed E-state index contributed by atoms with van der Waals surface area (Å²) in [5.74, 6) is -0.314. The van der Waals surface area contributed by atoms with E-state index in [2.05, 4.69) is 37.7 Å². The van der Waals surface area contributed by atoms with Gasteiger partial charge in [0.15, 0.2) is 11.6 Å². The van der Waals surface area contributed by atoms with Crippen LogP contribution in [0.4, 0.5) is 20.4 Å². The minimum absolute atomic E-state index is 0.132. The van der Waals surface area contributed by atoms with Crippen molar-refractivity contribution in [1.29, 1.82) is 0 Å². The van der Waals surface area contributed by atoms with E-state index < -0.39 is 11.6 Å². The molecule has 1 aromatic carbocycles. The first-order valence-corrected chi connectivity index (χ1v) is 11.6. The number of nitrogens with zero attached hydrogens (tertiary/aromatic N) is 2. The molecule has 182 valence electrons. The minimum Gasteiger partial charge on any atom is -0.373 e. The first kappa shape index (κ1) is 25.6. The monoisotopic (exact) mass is 496 g/mol. The minimum atomic E-state index is -0.799. The highest BCUT2D eigenvalue weighted by molar-refractivity contribution is 7.13. The number of H-pyrrole nitrogens is 1. The lowest BCUT2D eigenvalue weighted by Gasteiger charge is -2.09. The van der Waals surface area contributed by atoms with E-state index in [1.807, 2.05) is 26.1 Å². The van der Waals surface area contributed by atoms with Gasteiger partial charge >= 0.3 is 0 Å². The normalized spacial score (nSPS) is 10.2. The van der Waals surface area contributed by atoms with E-state index in [-0.39, 0.29) is 5.91 Å². The van der Waals surface area contributed by atoms with Crippen molar-refractivity contribution in [2.75, 3.05) is 24.2 Å². The summed E-state index contributed by atoms with van der Waals surface area (Å²) < 4.78 is 23.9. The second-order valence-electron chi connectivity index (χ2n) is 7.18. The lowest BCUT2D eigenvalue weighted by Crippen LogP contribution is -2.24. The maximum atomic E-state index is 12.1. The first-order valence-electron chi connectivity index (χ1n) is 10.8. The molecule has 0 radical (unpaired) electrons. The fourth-order valence-electron chi connectivity index (χ4n) is 3.07. The average Bonchev–Trinajstić information content (AvgIpc) is 3.55. The molecular weight excluding hydrogens is 470 g/mol. The van der Waals surface area contributed by atoms with E-state index in [9.17, 15) is 13.6 Å². The quantitative estimate of drug-likeness (QED) is 0.266. The number of thiophene rings is 1. The number of pyridine rings is 1. The van der Waals surface area contributed by atoms with Crippen LogP contribution in [-0.2, 0) is 6.54 Å². The molecule has 0 saturated heterocycles. The van der Waals surface area contributed by atoms with Gasteiger partial charge in [0.2, 0.25) is 0 Å². The van der Waals surface area contributed by atoms with Gasteiger partial charge in [0, 0.05) is 35.1 Å². The third kappa shape index (κ3) is 6.73. The van der Waals surface area contributed by atoms with Crippen LogP contribution < -0.4 is 16.0 Å². The number of halogens is 2. The van der Waals surface area contributed by atoms with Crippen molar-refractivity contribution in [2.24, 2.45) is 0 Å². The van der Waals surface area contributed by atoms with Crippen molar-refractivity contribution >= 4 is 34.5 Å². The number of hydrogen-bond donors (Lipinski definition) is 4. The molecule has 0 bridgehead atoms.